The minimum Gasteiger partial charge on any atom is -0.355 e. The Morgan fingerprint density at radius 1 is 0.882 bits per heavy atom. The molecule has 0 unspecified atom stereocenters. The molecule has 0 amide bonds. The predicted octanol–water partition coefficient (Wildman–Crippen LogP) is 5.58. The topological polar surface area (TPSA) is 9.23 Å². The van der Waals surface area contributed by atoms with E-state index in [4.69, 9.17) is 0 Å². The van der Waals surface area contributed by atoms with Gasteiger partial charge in [-0.25, -0.2) is 0 Å². The molecule has 1 aromatic rings. The van der Waals surface area contributed by atoms with E-state index in [0.29, 0.717) is 0 Å². The van der Waals surface area contributed by atoms with Gasteiger partial charge in [0.05, 0.1) is 0 Å². The van der Waals surface area contributed by atoms with Gasteiger partial charge in [-0.15, -0.1) is 0 Å². The van der Waals surface area contributed by atoms with Crippen molar-refractivity contribution in [2.45, 2.75) is 26.2 Å². The van der Waals surface area contributed by atoms with E-state index in [0.717, 1.165) is 17.7 Å². The molecule has 0 aliphatic heterocycles. The van der Waals surface area contributed by atoms with Gasteiger partial charge >= 0.3 is 10.5 Å². The summed E-state index contributed by atoms with van der Waals surface area (Å²) in [6.45, 7) is 5.56. The molecule has 0 saturated heterocycles. The summed E-state index contributed by atoms with van der Waals surface area (Å²) < 4.78 is 63.0. The van der Waals surface area contributed by atoms with Crippen molar-refractivity contribution in [1.29, 1.82) is 0 Å². The monoisotopic (exact) mass is 276 g/mol. The smallest absolute Gasteiger partial charge is 0.355 e. The lowest BCUT2D eigenvalue weighted by Crippen LogP contribution is -2.14. The molecule has 0 heterocycles. The van der Waals surface area contributed by atoms with Gasteiger partial charge in [-0.3, -0.25) is 0 Å². The average Bonchev–Trinajstić information content (AvgIpc) is 1.97. The largest absolute Gasteiger partial charge is 0.435 e. The van der Waals surface area contributed by atoms with E-state index in [1.165, 1.54) is 12.1 Å². The standard InChI is InChI=1S/C10H13F5OS/c1-10(2,3)8-4-6-9(7-5-8)16-17(11,12,13,14)15/h4-7H,1-3H3. The van der Waals surface area contributed by atoms with Gasteiger partial charge in [-0.1, -0.05) is 52.3 Å². The summed E-state index contributed by atoms with van der Waals surface area (Å²) in [5, 5.41) is 0. The molecule has 0 N–H and O–H groups in total. The predicted molar refractivity (Wildman–Crippen MR) is 58.9 cm³/mol. The van der Waals surface area contributed by atoms with E-state index in [1.54, 1.807) is 0 Å². The second kappa shape index (κ2) is 3.07. The summed E-state index contributed by atoms with van der Waals surface area (Å²) in [7, 11) is -9.86. The van der Waals surface area contributed by atoms with Crippen LogP contribution in [0.25, 0.3) is 0 Å². The Labute approximate surface area is 96.5 Å². The maximum absolute atomic E-state index is 12.0. The molecule has 17 heavy (non-hydrogen) atoms. The number of rotatable bonds is 2. The third-order valence-electron chi connectivity index (χ3n) is 1.97. The fourth-order valence-electron chi connectivity index (χ4n) is 1.19. The first-order chi connectivity index (χ1) is 7.16. The molecule has 0 saturated carbocycles. The molecular weight excluding hydrogens is 263 g/mol. The molecule has 1 nitrogen and oxygen atoms in total. The zero-order chi connectivity index (χ0) is 13.6. The second-order valence-electron chi connectivity index (χ2n) is 4.76. The van der Waals surface area contributed by atoms with Gasteiger partial charge < -0.3 is 4.18 Å². The first kappa shape index (κ1) is 14.1. The molecule has 0 aliphatic carbocycles. The maximum Gasteiger partial charge on any atom is 0.435 e. The van der Waals surface area contributed by atoms with Crippen LogP contribution in [-0.2, 0) is 5.41 Å². The summed E-state index contributed by atoms with van der Waals surface area (Å²) in [6, 6.07) is 4.44. The molecule has 0 radical (unpaired) electrons. The van der Waals surface area contributed by atoms with Crippen molar-refractivity contribution >= 4 is 10.5 Å². The lowest BCUT2D eigenvalue weighted by Gasteiger charge is -2.39. The SMILES string of the molecule is CC(C)(C)c1ccc(OS(F)(F)(F)(F)F)cc1. The zero-order valence-corrected chi connectivity index (χ0v) is 10.3. The van der Waals surface area contributed by atoms with Crippen LogP contribution in [0.4, 0.5) is 19.4 Å². The van der Waals surface area contributed by atoms with Crippen molar-refractivity contribution in [3.05, 3.63) is 29.8 Å². The minimum absolute atomic E-state index is 0.271. The molecule has 0 atom stereocenters. The highest BCUT2D eigenvalue weighted by atomic mass is 32.5. The molecule has 1 aromatic carbocycles. The van der Waals surface area contributed by atoms with Gasteiger partial charge in [0.1, 0.15) is 5.75 Å². The van der Waals surface area contributed by atoms with Crippen LogP contribution < -0.4 is 4.18 Å². The van der Waals surface area contributed by atoms with Crippen molar-refractivity contribution in [1.82, 2.24) is 0 Å². The second-order valence-corrected chi connectivity index (χ2v) is 6.72. The Bertz CT molecular complexity index is 414. The summed E-state index contributed by atoms with van der Waals surface area (Å²) in [5.74, 6) is -0.905. The fourth-order valence-corrected chi connectivity index (χ4v) is 1.67. The molecule has 1 rings (SSSR count). The Balaban J connectivity index is 3.00. The van der Waals surface area contributed by atoms with Crippen molar-refractivity contribution in [3.8, 4) is 5.75 Å². The van der Waals surface area contributed by atoms with Crippen molar-refractivity contribution in [2.24, 2.45) is 0 Å². The van der Waals surface area contributed by atoms with Gasteiger partial charge in [-0.05, 0) is 23.1 Å². The first-order valence-corrected chi connectivity index (χ1v) is 6.59. The van der Waals surface area contributed by atoms with E-state index < -0.39 is 16.3 Å². The van der Waals surface area contributed by atoms with E-state index in [-0.39, 0.29) is 5.41 Å². The molecular formula is C10H13F5OS. The lowest BCUT2D eigenvalue weighted by atomic mass is 9.87. The van der Waals surface area contributed by atoms with Crippen LogP contribution in [0.5, 0.6) is 5.75 Å². The van der Waals surface area contributed by atoms with E-state index in [9.17, 15) is 19.4 Å². The highest BCUT2D eigenvalue weighted by Crippen LogP contribution is 2.97. The summed E-state index contributed by atoms with van der Waals surface area (Å²) in [4.78, 5) is 0. The van der Waals surface area contributed by atoms with Crippen LogP contribution in [0.3, 0.4) is 0 Å². The Morgan fingerprint density at radius 2 is 1.29 bits per heavy atom. The van der Waals surface area contributed by atoms with E-state index in [1.807, 2.05) is 20.8 Å². The maximum atomic E-state index is 12.0. The molecule has 0 spiro atoms. The van der Waals surface area contributed by atoms with Crippen LogP contribution in [0, 0.1) is 0 Å². The zero-order valence-electron chi connectivity index (χ0n) is 9.52. The highest BCUT2D eigenvalue weighted by Gasteiger charge is 2.67. The minimum atomic E-state index is -9.86. The molecule has 0 fully saturated rings. The normalized spacial score (nSPS) is 17.2. The number of hydrogen-bond acceptors (Lipinski definition) is 1. The van der Waals surface area contributed by atoms with Crippen molar-refractivity contribution in [3.63, 3.8) is 0 Å². The van der Waals surface area contributed by atoms with Crippen LogP contribution in [0.1, 0.15) is 26.3 Å². The molecule has 100 valence electrons. The van der Waals surface area contributed by atoms with Crippen molar-refractivity contribution < 1.29 is 23.6 Å². The number of benzene rings is 1. The summed E-state index contributed by atoms with van der Waals surface area (Å²) >= 11 is 0. The quantitative estimate of drug-likeness (QED) is 0.641. The van der Waals surface area contributed by atoms with E-state index in [2.05, 4.69) is 4.18 Å². The molecule has 0 aromatic heterocycles. The average molecular weight is 276 g/mol. The van der Waals surface area contributed by atoms with Crippen LogP contribution >= 0.6 is 10.5 Å². The highest BCUT2D eigenvalue weighted by molar-refractivity contribution is 8.42. The fraction of sp³-hybridized carbons (Fsp3) is 0.400. The molecule has 7 heteroatoms. The van der Waals surface area contributed by atoms with Crippen LogP contribution in [0.2, 0.25) is 0 Å². The van der Waals surface area contributed by atoms with Crippen molar-refractivity contribution in [2.75, 3.05) is 0 Å². The summed E-state index contributed by atoms with van der Waals surface area (Å²) in [6.07, 6.45) is 0. The van der Waals surface area contributed by atoms with Gasteiger partial charge in [0.2, 0.25) is 0 Å². The van der Waals surface area contributed by atoms with Gasteiger partial charge in [0, 0.05) is 0 Å². The third-order valence-corrected chi connectivity index (χ3v) is 2.48. The Kier molecular flexibility index (Phi) is 2.54. The lowest BCUT2D eigenvalue weighted by molar-refractivity contribution is 0.243. The molecule has 0 aliphatic rings. The van der Waals surface area contributed by atoms with Crippen LogP contribution in [-0.4, -0.2) is 0 Å². The number of halogens is 5. The van der Waals surface area contributed by atoms with Gasteiger partial charge in [-0.2, -0.15) is 0 Å². The summed E-state index contributed by atoms with van der Waals surface area (Å²) in [5.41, 5.74) is 0.458. The molecule has 0 bridgehead atoms. The number of hydrogen-bond donors (Lipinski definition) is 0. The Hall–Kier alpha value is -0.980. The Morgan fingerprint density at radius 3 is 1.59 bits per heavy atom. The van der Waals surface area contributed by atoms with Crippen LogP contribution in [0.15, 0.2) is 24.3 Å². The van der Waals surface area contributed by atoms with Gasteiger partial charge in [0.15, 0.2) is 0 Å². The first-order valence-electron chi connectivity index (χ1n) is 4.71. The third kappa shape index (κ3) is 5.25. The van der Waals surface area contributed by atoms with E-state index >= 15 is 0 Å². The van der Waals surface area contributed by atoms with Gasteiger partial charge in [0.25, 0.3) is 0 Å².